The summed E-state index contributed by atoms with van der Waals surface area (Å²) >= 11 is 1.56. The highest BCUT2D eigenvalue weighted by Crippen LogP contribution is 2.51. The highest BCUT2D eigenvalue weighted by molar-refractivity contribution is 7.16. The third-order valence-electron chi connectivity index (χ3n) is 5.62. The van der Waals surface area contributed by atoms with Crippen LogP contribution < -0.4 is 11.5 Å². The molecule has 0 aromatic carbocycles. The summed E-state index contributed by atoms with van der Waals surface area (Å²) < 4.78 is 5.29. The van der Waals surface area contributed by atoms with Gasteiger partial charge in [-0.25, -0.2) is 0 Å². The number of rotatable bonds is 6. The highest BCUT2D eigenvalue weighted by atomic mass is 32.1. The molecule has 4 N–H and O–H groups in total. The molecule has 2 aliphatic rings. The summed E-state index contributed by atoms with van der Waals surface area (Å²) in [6, 6.07) is 1.95. The van der Waals surface area contributed by atoms with E-state index in [2.05, 4.69) is 5.16 Å². The average Bonchev–Trinajstić information content (AvgIpc) is 3.07. The predicted molar refractivity (Wildman–Crippen MR) is 93.9 cm³/mol. The molecule has 1 amide bonds. The monoisotopic (exact) mass is 345 g/mol. The van der Waals surface area contributed by atoms with Gasteiger partial charge in [0.15, 0.2) is 0 Å². The van der Waals surface area contributed by atoms with E-state index >= 15 is 0 Å². The Kier molecular flexibility index (Phi) is 3.87. The summed E-state index contributed by atoms with van der Waals surface area (Å²) in [5.41, 5.74) is 13.6. The summed E-state index contributed by atoms with van der Waals surface area (Å²) in [6.07, 6.45) is 10.7. The van der Waals surface area contributed by atoms with Crippen LogP contribution in [0.15, 0.2) is 16.8 Å². The van der Waals surface area contributed by atoms with Crippen LogP contribution >= 0.6 is 11.3 Å². The third kappa shape index (κ3) is 2.95. The fourth-order valence-corrected chi connectivity index (χ4v) is 5.51. The molecule has 0 radical (unpaired) electrons. The summed E-state index contributed by atoms with van der Waals surface area (Å²) in [4.78, 5) is 13.0. The van der Waals surface area contributed by atoms with Crippen molar-refractivity contribution in [3.05, 3.63) is 34.0 Å². The number of nitrogen functional groups attached to an aromatic ring is 1. The largest absolute Gasteiger partial charge is 0.390 e. The molecule has 0 bridgehead atoms. The molecular weight excluding hydrogens is 322 g/mol. The molecule has 0 saturated heterocycles. The number of amides is 1. The van der Waals surface area contributed by atoms with Crippen LogP contribution in [0.25, 0.3) is 0 Å². The second kappa shape index (κ2) is 5.92. The number of hydrogen-bond acceptors (Lipinski definition) is 5. The number of nitrogens with two attached hydrogens (primary N) is 2. The Balaban J connectivity index is 1.58. The summed E-state index contributed by atoms with van der Waals surface area (Å²) in [5.74, 6) is 1.44. The fourth-order valence-electron chi connectivity index (χ4n) is 4.21. The van der Waals surface area contributed by atoms with Gasteiger partial charge < -0.3 is 16.0 Å². The van der Waals surface area contributed by atoms with Crippen LogP contribution in [0.3, 0.4) is 0 Å². The molecule has 128 valence electrons. The average molecular weight is 345 g/mol. The van der Waals surface area contributed by atoms with Gasteiger partial charge >= 0.3 is 0 Å². The number of nitrogens with zero attached hydrogens (tertiary/aromatic N) is 1. The normalized spacial score (nSPS) is 23.2. The van der Waals surface area contributed by atoms with E-state index in [4.69, 9.17) is 16.0 Å². The number of thiophene rings is 1. The van der Waals surface area contributed by atoms with Crippen LogP contribution in [-0.2, 0) is 19.3 Å². The Labute approximate surface area is 145 Å². The predicted octanol–water partition coefficient (Wildman–Crippen LogP) is 3.33. The maximum atomic E-state index is 11.7. The Morgan fingerprint density at radius 2 is 2.29 bits per heavy atom. The standard InChI is InChI=1S/C18H23N3O2S/c19-16(22)15-13-4-7-18(9-11-1-2-11,10-14(13)24-17(15)20)6-3-12-5-8-21-23-12/h5,8,11H,1-4,6-7,9-10,20H2,(H2,19,22). The van der Waals surface area contributed by atoms with Crippen LogP contribution in [0.4, 0.5) is 5.00 Å². The molecule has 1 atom stereocenters. The van der Waals surface area contributed by atoms with E-state index in [9.17, 15) is 4.79 Å². The van der Waals surface area contributed by atoms with E-state index in [0.717, 1.165) is 49.3 Å². The molecule has 0 spiro atoms. The topological polar surface area (TPSA) is 95.1 Å². The zero-order valence-corrected chi connectivity index (χ0v) is 14.5. The van der Waals surface area contributed by atoms with Crippen molar-refractivity contribution in [1.82, 2.24) is 5.16 Å². The van der Waals surface area contributed by atoms with Gasteiger partial charge in [0.05, 0.1) is 16.8 Å². The molecule has 5 nitrogen and oxygen atoms in total. The SMILES string of the molecule is NC(=O)c1c(N)sc2c1CCC(CCc1ccno1)(CC1CC1)C2. The van der Waals surface area contributed by atoms with E-state index in [0.29, 0.717) is 10.6 Å². The minimum Gasteiger partial charge on any atom is -0.390 e. The van der Waals surface area contributed by atoms with Gasteiger partial charge in [-0.3, -0.25) is 4.79 Å². The first-order valence-corrected chi connectivity index (χ1v) is 9.47. The van der Waals surface area contributed by atoms with Crippen molar-refractivity contribution in [3.63, 3.8) is 0 Å². The highest BCUT2D eigenvalue weighted by Gasteiger charge is 2.41. The molecule has 1 fully saturated rings. The number of aryl methyl sites for hydroxylation is 1. The third-order valence-corrected chi connectivity index (χ3v) is 6.68. The lowest BCUT2D eigenvalue weighted by Crippen LogP contribution is -2.30. The van der Waals surface area contributed by atoms with Gasteiger partial charge in [0.25, 0.3) is 5.91 Å². The van der Waals surface area contributed by atoms with Gasteiger partial charge in [0, 0.05) is 17.4 Å². The molecule has 4 rings (SSSR count). The molecule has 2 aromatic heterocycles. The minimum absolute atomic E-state index is 0.285. The van der Waals surface area contributed by atoms with Gasteiger partial charge in [-0.05, 0) is 49.0 Å². The Morgan fingerprint density at radius 1 is 1.46 bits per heavy atom. The van der Waals surface area contributed by atoms with E-state index in [-0.39, 0.29) is 11.3 Å². The van der Waals surface area contributed by atoms with Crippen LogP contribution in [0.2, 0.25) is 0 Å². The summed E-state index contributed by atoms with van der Waals surface area (Å²) in [5, 5.41) is 4.40. The van der Waals surface area contributed by atoms with Crippen LogP contribution in [0.5, 0.6) is 0 Å². The maximum Gasteiger partial charge on any atom is 0.251 e. The first kappa shape index (κ1) is 15.7. The number of carbonyl (C=O) groups is 1. The maximum absolute atomic E-state index is 11.7. The molecule has 2 aromatic rings. The van der Waals surface area contributed by atoms with Gasteiger partial charge in [0.2, 0.25) is 0 Å². The molecule has 24 heavy (non-hydrogen) atoms. The van der Waals surface area contributed by atoms with Crippen molar-refractivity contribution >= 4 is 22.2 Å². The lowest BCUT2D eigenvalue weighted by Gasteiger charge is -2.37. The minimum atomic E-state index is -0.388. The first-order chi connectivity index (χ1) is 11.6. The lowest BCUT2D eigenvalue weighted by atomic mass is 9.67. The second-order valence-electron chi connectivity index (χ2n) is 7.41. The number of carbonyl (C=O) groups excluding carboxylic acids is 1. The van der Waals surface area contributed by atoms with Crippen molar-refractivity contribution in [1.29, 1.82) is 0 Å². The van der Waals surface area contributed by atoms with Crippen molar-refractivity contribution in [3.8, 4) is 0 Å². The molecule has 1 unspecified atom stereocenters. The van der Waals surface area contributed by atoms with Crippen molar-refractivity contribution in [2.24, 2.45) is 17.1 Å². The molecule has 6 heteroatoms. The zero-order valence-electron chi connectivity index (χ0n) is 13.7. The number of primary amides is 1. The number of fused-ring (bicyclic) bond motifs is 1. The molecule has 2 heterocycles. The van der Waals surface area contributed by atoms with E-state index < -0.39 is 0 Å². The van der Waals surface area contributed by atoms with E-state index in [1.165, 1.54) is 24.1 Å². The molecular formula is C18H23N3O2S. The van der Waals surface area contributed by atoms with Crippen molar-refractivity contribution < 1.29 is 9.32 Å². The van der Waals surface area contributed by atoms with Gasteiger partial charge in [-0.2, -0.15) is 0 Å². The molecule has 0 aliphatic heterocycles. The Morgan fingerprint density at radius 3 is 2.96 bits per heavy atom. The first-order valence-electron chi connectivity index (χ1n) is 8.66. The second-order valence-corrected chi connectivity index (χ2v) is 8.55. The van der Waals surface area contributed by atoms with E-state index in [1.807, 2.05) is 6.07 Å². The van der Waals surface area contributed by atoms with E-state index in [1.54, 1.807) is 17.5 Å². The smallest absolute Gasteiger partial charge is 0.251 e. The number of aromatic nitrogens is 1. The quantitative estimate of drug-likeness (QED) is 0.839. The summed E-state index contributed by atoms with van der Waals surface area (Å²) in [7, 11) is 0. The van der Waals surface area contributed by atoms with Gasteiger partial charge in [0.1, 0.15) is 5.76 Å². The van der Waals surface area contributed by atoms with Crippen molar-refractivity contribution in [2.45, 2.75) is 51.4 Å². The van der Waals surface area contributed by atoms with Crippen molar-refractivity contribution in [2.75, 3.05) is 5.73 Å². The van der Waals surface area contributed by atoms with Crippen LogP contribution in [0.1, 0.15) is 58.7 Å². The molecule has 2 aliphatic carbocycles. The number of hydrogen-bond donors (Lipinski definition) is 2. The van der Waals surface area contributed by atoms with Crippen LogP contribution in [0, 0.1) is 11.3 Å². The fraction of sp³-hybridized carbons (Fsp3) is 0.556. The van der Waals surface area contributed by atoms with Gasteiger partial charge in [-0.1, -0.05) is 18.0 Å². The molecule has 1 saturated carbocycles. The Hall–Kier alpha value is -1.82. The zero-order chi connectivity index (χ0) is 16.7. The van der Waals surface area contributed by atoms with Crippen LogP contribution in [-0.4, -0.2) is 11.1 Å². The lowest BCUT2D eigenvalue weighted by molar-refractivity contribution is 0.0999. The number of anilines is 1. The summed E-state index contributed by atoms with van der Waals surface area (Å²) in [6.45, 7) is 0. The van der Waals surface area contributed by atoms with Gasteiger partial charge in [-0.15, -0.1) is 11.3 Å². The Bertz CT molecular complexity index is 749.